The van der Waals surface area contributed by atoms with Gasteiger partial charge in [-0.3, -0.25) is 0 Å². The molecule has 4 atom stereocenters. The van der Waals surface area contributed by atoms with Crippen molar-refractivity contribution >= 4 is 19.8 Å². The van der Waals surface area contributed by atoms with Gasteiger partial charge in [-0.2, -0.15) is 0 Å². The van der Waals surface area contributed by atoms with Crippen LogP contribution in [0.3, 0.4) is 0 Å². The molecule has 166 valence electrons. The number of halogens is 2. The minimum atomic E-state index is -3.15. The average molecular weight is 443 g/mol. The molecule has 28 heavy (non-hydrogen) atoms. The van der Waals surface area contributed by atoms with Crippen LogP contribution in [0.1, 0.15) is 66.7 Å². The third-order valence-corrected chi connectivity index (χ3v) is 9.11. The number of rotatable bonds is 9. The monoisotopic (exact) mass is 442 g/mol. The van der Waals surface area contributed by atoms with Gasteiger partial charge in [0.2, 0.25) is 0 Å². The summed E-state index contributed by atoms with van der Waals surface area (Å²) in [6, 6.07) is -0.564. The van der Waals surface area contributed by atoms with E-state index >= 15 is 0 Å². The van der Waals surface area contributed by atoms with Gasteiger partial charge in [0, 0.05) is 24.9 Å². The Morgan fingerprint density at radius 1 is 0.964 bits per heavy atom. The van der Waals surface area contributed by atoms with E-state index in [1.54, 1.807) is 0 Å². The minimum absolute atomic E-state index is 0.00769. The maximum Gasteiger partial charge on any atom is 0.251 e. The Morgan fingerprint density at radius 2 is 1.50 bits per heavy atom. The SMILES string of the molecule is CC(C)(C)CS(=N)(=O)NC1CCC1CC(C)(C)CS(=N)(=O)NC1CC(F)(F)C1. The maximum absolute atomic E-state index is 13.0. The highest BCUT2D eigenvalue weighted by molar-refractivity contribution is 7.90. The second-order valence-electron chi connectivity index (χ2n) is 10.7. The van der Waals surface area contributed by atoms with Crippen molar-refractivity contribution in [2.45, 2.75) is 84.7 Å². The Bertz CT molecular complexity index is 766. The molecule has 0 aromatic rings. The van der Waals surface area contributed by atoms with Crippen LogP contribution in [0.4, 0.5) is 8.78 Å². The zero-order valence-electron chi connectivity index (χ0n) is 17.6. The molecule has 0 bridgehead atoms. The third-order valence-electron chi connectivity index (χ3n) is 5.25. The lowest BCUT2D eigenvalue weighted by atomic mass is 9.71. The van der Waals surface area contributed by atoms with Crippen LogP contribution in [-0.2, 0) is 19.8 Å². The van der Waals surface area contributed by atoms with Gasteiger partial charge in [-0.25, -0.2) is 36.2 Å². The molecule has 0 spiro atoms. The van der Waals surface area contributed by atoms with Crippen molar-refractivity contribution in [3.05, 3.63) is 0 Å². The van der Waals surface area contributed by atoms with E-state index in [2.05, 4.69) is 9.44 Å². The summed E-state index contributed by atoms with van der Waals surface area (Å²) in [4.78, 5) is 0. The Morgan fingerprint density at radius 3 is 1.93 bits per heavy atom. The molecule has 2 fully saturated rings. The molecular formula is C18H36F2N4O2S2. The molecule has 2 saturated carbocycles. The topological polar surface area (TPSA) is 106 Å². The summed E-state index contributed by atoms with van der Waals surface area (Å²) in [6.07, 6.45) is 1.77. The molecular weight excluding hydrogens is 406 g/mol. The summed E-state index contributed by atoms with van der Waals surface area (Å²) in [7, 11) is -6.03. The smallest absolute Gasteiger partial charge is 0.240 e. The maximum atomic E-state index is 13.0. The van der Waals surface area contributed by atoms with Gasteiger partial charge in [-0.15, -0.1) is 0 Å². The predicted octanol–water partition coefficient (Wildman–Crippen LogP) is 4.13. The molecule has 4 unspecified atom stereocenters. The molecule has 2 rings (SSSR count). The summed E-state index contributed by atoms with van der Waals surface area (Å²) >= 11 is 0. The standard InChI is InChI=1S/C18H36F2N4O2S2/c1-16(2,3)11-27(21,25)24-15-7-6-13(15)8-17(4,5)12-28(22,26)23-14-9-18(19,20)10-14/h13-15H,6-12H2,1-5H3,(H2,21,24,25)(H2,22,23,26). The van der Waals surface area contributed by atoms with E-state index in [-0.39, 0.29) is 41.7 Å². The van der Waals surface area contributed by atoms with Crippen LogP contribution in [0.15, 0.2) is 0 Å². The molecule has 0 saturated heterocycles. The molecule has 0 aromatic carbocycles. The molecule has 10 heteroatoms. The van der Waals surface area contributed by atoms with Crippen LogP contribution in [-0.4, -0.2) is 37.9 Å². The van der Waals surface area contributed by atoms with Crippen molar-refractivity contribution in [1.82, 2.24) is 9.44 Å². The van der Waals surface area contributed by atoms with E-state index in [1.807, 2.05) is 34.6 Å². The summed E-state index contributed by atoms with van der Waals surface area (Å²) in [5.74, 6) is -2.12. The average Bonchev–Trinajstić information content (AvgIpc) is 2.35. The quantitative estimate of drug-likeness (QED) is 0.431. The summed E-state index contributed by atoms with van der Waals surface area (Å²) < 4.78 is 72.9. The molecule has 6 nitrogen and oxygen atoms in total. The highest BCUT2D eigenvalue weighted by atomic mass is 32.2. The first-order valence-corrected chi connectivity index (χ1v) is 13.3. The van der Waals surface area contributed by atoms with E-state index in [0.29, 0.717) is 6.42 Å². The van der Waals surface area contributed by atoms with Crippen LogP contribution in [0.25, 0.3) is 0 Å². The van der Waals surface area contributed by atoms with Gasteiger partial charge in [0.25, 0.3) is 5.92 Å². The van der Waals surface area contributed by atoms with Crippen LogP contribution >= 0.6 is 0 Å². The molecule has 0 aliphatic heterocycles. The van der Waals surface area contributed by atoms with Gasteiger partial charge in [-0.1, -0.05) is 34.6 Å². The molecule has 0 aromatic heterocycles. The van der Waals surface area contributed by atoms with Crippen molar-refractivity contribution in [3.8, 4) is 0 Å². The van der Waals surface area contributed by atoms with E-state index in [9.17, 15) is 17.2 Å². The van der Waals surface area contributed by atoms with Crippen LogP contribution < -0.4 is 9.44 Å². The van der Waals surface area contributed by atoms with Crippen molar-refractivity contribution in [3.63, 3.8) is 0 Å². The molecule has 4 N–H and O–H groups in total. The second-order valence-corrected chi connectivity index (χ2v) is 14.5. The molecule has 0 radical (unpaired) electrons. The van der Waals surface area contributed by atoms with Gasteiger partial charge in [0.15, 0.2) is 0 Å². The first-order chi connectivity index (χ1) is 12.4. The summed E-state index contributed by atoms with van der Waals surface area (Å²) in [5.41, 5.74) is -0.624. The first kappa shape index (κ1) is 24.0. The molecule has 0 amide bonds. The molecule has 2 aliphatic rings. The minimum Gasteiger partial charge on any atom is -0.240 e. The highest BCUT2D eigenvalue weighted by Crippen LogP contribution is 2.40. The van der Waals surface area contributed by atoms with Gasteiger partial charge < -0.3 is 0 Å². The van der Waals surface area contributed by atoms with E-state index < -0.39 is 37.2 Å². The lowest BCUT2D eigenvalue weighted by molar-refractivity contribution is -0.0875. The molecule has 2 aliphatic carbocycles. The fourth-order valence-electron chi connectivity index (χ4n) is 4.24. The third kappa shape index (κ3) is 7.50. The van der Waals surface area contributed by atoms with Crippen molar-refractivity contribution in [1.29, 1.82) is 9.56 Å². The zero-order valence-corrected chi connectivity index (χ0v) is 19.2. The Labute approximate surface area is 169 Å². The number of alkyl halides is 2. The van der Waals surface area contributed by atoms with Gasteiger partial charge in [-0.05, 0) is 36.0 Å². The molecule has 0 heterocycles. The summed E-state index contributed by atoms with van der Waals surface area (Å²) in [5, 5.41) is 0. The Hall–Kier alpha value is -0.320. The number of hydrogen-bond acceptors (Lipinski definition) is 4. The fraction of sp³-hybridized carbons (Fsp3) is 1.00. The van der Waals surface area contributed by atoms with Gasteiger partial charge in [0.1, 0.15) is 19.8 Å². The predicted molar refractivity (Wildman–Crippen MR) is 110 cm³/mol. The van der Waals surface area contributed by atoms with Gasteiger partial charge in [0.05, 0.1) is 11.5 Å². The van der Waals surface area contributed by atoms with Crippen LogP contribution in [0.2, 0.25) is 0 Å². The van der Waals surface area contributed by atoms with Crippen LogP contribution in [0, 0.1) is 26.3 Å². The highest BCUT2D eigenvalue weighted by Gasteiger charge is 2.47. The second kappa shape index (κ2) is 7.74. The largest absolute Gasteiger partial charge is 0.251 e. The van der Waals surface area contributed by atoms with Crippen molar-refractivity contribution in [2.75, 3.05) is 11.5 Å². The van der Waals surface area contributed by atoms with Crippen molar-refractivity contribution < 1.29 is 17.2 Å². The van der Waals surface area contributed by atoms with E-state index in [1.165, 1.54) is 0 Å². The van der Waals surface area contributed by atoms with Crippen LogP contribution in [0.5, 0.6) is 0 Å². The lowest BCUT2D eigenvalue weighted by Crippen LogP contribution is -2.52. The number of nitrogens with one attached hydrogen (secondary N) is 4. The lowest BCUT2D eigenvalue weighted by Gasteiger charge is -2.43. The normalized spacial score (nSPS) is 30.0. The number of hydrogen-bond donors (Lipinski definition) is 4. The van der Waals surface area contributed by atoms with Crippen molar-refractivity contribution in [2.24, 2.45) is 16.7 Å². The summed E-state index contributed by atoms with van der Waals surface area (Å²) in [6.45, 7) is 9.74. The Balaban J connectivity index is 1.87. The van der Waals surface area contributed by atoms with E-state index in [0.717, 1.165) is 12.8 Å². The van der Waals surface area contributed by atoms with E-state index in [4.69, 9.17) is 9.56 Å². The zero-order chi connectivity index (χ0) is 21.6. The van der Waals surface area contributed by atoms with Gasteiger partial charge >= 0.3 is 0 Å². The fourth-order valence-corrected chi connectivity index (χ4v) is 8.35. The first-order valence-electron chi connectivity index (χ1n) is 9.82. The Kier molecular flexibility index (Phi) is 6.62.